The first kappa shape index (κ1) is 20.7. The van der Waals surface area contributed by atoms with E-state index >= 15 is 0 Å². The molecule has 2 fully saturated rings. The Kier molecular flexibility index (Phi) is 5.84. The van der Waals surface area contributed by atoms with Crippen LogP contribution in [-0.4, -0.2) is 62.0 Å². The Labute approximate surface area is 185 Å². The lowest BCUT2D eigenvalue weighted by atomic mass is 9.92. The molecule has 31 heavy (non-hydrogen) atoms. The summed E-state index contributed by atoms with van der Waals surface area (Å²) in [5.41, 5.74) is 2.51. The van der Waals surface area contributed by atoms with Crippen LogP contribution < -0.4 is 9.80 Å². The summed E-state index contributed by atoms with van der Waals surface area (Å²) in [6, 6.07) is 7.65. The molecule has 0 bridgehead atoms. The average molecular weight is 442 g/mol. The van der Waals surface area contributed by atoms with Crippen molar-refractivity contribution in [3.05, 3.63) is 41.6 Å². The largest absolute Gasteiger partial charge is 0.354 e. The fraction of sp³-hybridized carbons (Fsp3) is 0.565. The summed E-state index contributed by atoms with van der Waals surface area (Å²) in [5.74, 6) is 1.68. The summed E-state index contributed by atoms with van der Waals surface area (Å²) in [4.78, 5) is 14.1. The van der Waals surface area contributed by atoms with Crippen molar-refractivity contribution in [1.29, 1.82) is 0 Å². The molecule has 0 radical (unpaired) electrons. The lowest BCUT2D eigenvalue weighted by Crippen LogP contribution is -2.49. The molecule has 2 aromatic rings. The third kappa shape index (κ3) is 4.28. The van der Waals surface area contributed by atoms with Crippen LogP contribution in [0.4, 0.5) is 11.8 Å². The molecule has 0 spiro atoms. The number of anilines is 2. The van der Waals surface area contributed by atoms with Crippen LogP contribution in [0.15, 0.2) is 35.4 Å². The maximum atomic E-state index is 13.3. The van der Waals surface area contributed by atoms with E-state index in [9.17, 15) is 8.42 Å². The molecule has 3 aliphatic rings. The normalized spacial score (nSPS) is 20.5. The molecule has 1 aromatic heterocycles. The van der Waals surface area contributed by atoms with Gasteiger partial charge in [0, 0.05) is 45.5 Å². The Morgan fingerprint density at radius 1 is 0.742 bits per heavy atom. The van der Waals surface area contributed by atoms with Crippen LogP contribution in [0.1, 0.15) is 43.2 Å². The Morgan fingerprint density at radius 2 is 1.48 bits per heavy atom. The molecular weight excluding hydrogens is 410 g/mol. The van der Waals surface area contributed by atoms with Crippen molar-refractivity contribution >= 4 is 21.8 Å². The molecule has 5 rings (SSSR count). The molecule has 0 atom stereocenters. The highest BCUT2D eigenvalue weighted by atomic mass is 32.2. The van der Waals surface area contributed by atoms with Gasteiger partial charge in [0.1, 0.15) is 5.82 Å². The number of fused-ring (bicyclic) bond motifs is 1. The van der Waals surface area contributed by atoms with E-state index in [1.54, 1.807) is 10.4 Å². The first-order chi connectivity index (χ1) is 15.1. The first-order valence-electron chi connectivity index (χ1n) is 11.6. The number of benzene rings is 1. The Hall–Kier alpha value is -2.19. The summed E-state index contributed by atoms with van der Waals surface area (Å²) in [6.45, 7) is 4.25. The zero-order valence-corrected chi connectivity index (χ0v) is 18.9. The van der Waals surface area contributed by atoms with Crippen LogP contribution in [0.5, 0.6) is 0 Å². The fourth-order valence-corrected chi connectivity index (χ4v) is 6.41. The van der Waals surface area contributed by atoms with Gasteiger partial charge in [-0.3, -0.25) is 0 Å². The van der Waals surface area contributed by atoms with E-state index in [4.69, 9.17) is 4.98 Å². The lowest BCUT2D eigenvalue weighted by molar-refractivity contribution is 0.383. The van der Waals surface area contributed by atoms with Crippen molar-refractivity contribution in [2.24, 2.45) is 0 Å². The predicted octanol–water partition coefficient (Wildman–Crippen LogP) is 2.86. The van der Waals surface area contributed by atoms with Gasteiger partial charge in [0.2, 0.25) is 16.0 Å². The van der Waals surface area contributed by atoms with Crippen LogP contribution in [0.3, 0.4) is 0 Å². The molecule has 2 saturated heterocycles. The number of hydrogen-bond acceptors (Lipinski definition) is 6. The first-order valence-corrected chi connectivity index (χ1v) is 13.0. The molecule has 0 saturated carbocycles. The van der Waals surface area contributed by atoms with Gasteiger partial charge in [-0.2, -0.15) is 9.29 Å². The minimum Gasteiger partial charge on any atom is -0.354 e. The van der Waals surface area contributed by atoms with E-state index in [2.05, 4.69) is 14.8 Å². The quantitative estimate of drug-likeness (QED) is 0.727. The van der Waals surface area contributed by atoms with Gasteiger partial charge in [-0.05, 0) is 74.3 Å². The van der Waals surface area contributed by atoms with Crippen molar-refractivity contribution in [1.82, 2.24) is 14.3 Å². The molecule has 2 aliphatic heterocycles. The second kappa shape index (κ2) is 8.74. The van der Waals surface area contributed by atoms with Crippen LogP contribution >= 0.6 is 0 Å². The SMILES string of the molecule is O=S(=O)(c1ccc2c(c1)CCCC2)N1CCN(c2ccnc(N3CCCCC3)n2)CC1. The fourth-order valence-electron chi connectivity index (χ4n) is 4.94. The predicted molar refractivity (Wildman–Crippen MR) is 122 cm³/mol. The second-order valence-corrected chi connectivity index (χ2v) is 10.7. The van der Waals surface area contributed by atoms with Crippen molar-refractivity contribution < 1.29 is 8.42 Å². The highest BCUT2D eigenvalue weighted by molar-refractivity contribution is 7.89. The van der Waals surface area contributed by atoms with Gasteiger partial charge in [-0.25, -0.2) is 13.4 Å². The van der Waals surface area contributed by atoms with Gasteiger partial charge in [0.25, 0.3) is 0 Å². The van der Waals surface area contributed by atoms with Crippen molar-refractivity contribution in [2.45, 2.75) is 49.8 Å². The zero-order chi connectivity index (χ0) is 21.3. The van der Waals surface area contributed by atoms with Gasteiger partial charge in [-0.15, -0.1) is 0 Å². The molecule has 0 amide bonds. The molecule has 166 valence electrons. The standard InChI is InChI=1S/C23H31N5O2S/c29-31(30,21-9-8-19-6-2-3-7-20(19)18-21)28-16-14-26(15-17-28)22-10-11-24-23(25-22)27-12-4-1-5-13-27/h8-11,18H,1-7,12-17H2. The van der Waals surface area contributed by atoms with Crippen LogP contribution in [0.2, 0.25) is 0 Å². The van der Waals surface area contributed by atoms with E-state index < -0.39 is 10.0 Å². The van der Waals surface area contributed by atoms with Crippen LogP contribution in [-0.2, 0) is 22.9 Å². The monoisotopic (exact) mass is 441 g/mol. The molecule has 3 heterocycles. The third-order valence-corrected chi connectivity index (χ3v) is 8.68. The van der Waals surface area contributed by atoms with Crippen molar-refractivity contribution in [3.8, 4) is 0 Å². The van der Waals surface area contributed by atoms with Gasteiger partial charge in [0.15, 0.2) is 0 Å². The summed E-state index contributed by atoms with van der Waals surface area (Å²) in [6.07, 6.45) is 9.86. The smallest absolute Gasteiger partial charge is 0.243 e. The zero-order valence-electron chi connectivity index (χ0n) is 18.0. The summed E-state index contributed by atoms with van der Waals surface area (Å²) in [5, 5.41) is 0. The van der Waals surface area contributed by atoms with Gasteiger partial charge in [0.05, 0.1) is 4.90 Å². The Bertz CT molecular complexity index is 1030. The van der Waals surface area contributed by atoms with Gasteiger partial charge < -0.3 is 9.80 Å². The summed E-state index contributed by atoms with van der Waals surface area (Å²) >= 11 is 0. The van der Waals surface area contributed by atoms with Gasteiger partial charge >= 0.3 is 0 Å². The number of aryl methyl sites for hydroxylation is 2. The van der Waals surface area contributed by atoms with E-state index in [-0.39, 0.29) is 0 Å². The highest BCUT2D eigenvalue weighted by Crippen LogP contribution is 2.27. The Morgan fingerprint density at radius 3 is 2.26 bits per heavy atom. The highest BCUT2D eigenvalue weighted by Gasteiger charge is 2.30. The van der Waals surface area contributed by atoms with E-state index in [0.29, 0.717) is 31.1 Å². The minimum absolute atomic E-state index is 0.441. The number of sulfonamides is 1. The summed E-state index contributed by atoms with van der Waals surface area (Å²) in [7, 11) is -3.46. The lowest BCUT2D eigenvalue weighted by Gasteiger charge is -2.35. The van der Waals surface area contributed by atoms with E-state index in [0.717, 1.165) is 44.1 Å². The topological polar surface area (TPSA) is 69.6 Å². The maximum absolute atomic E-state index is 13.3. The maximum Gasteiger partial charge on any atom is 0.243 e. The summed E-state index contributed by atoms with van der Waals surface area (Å²) < 4.78 is 28.1. The van der Waals surface area contributed by atoms with Crippen LogP contribution in [0, 0.1) is 0 Å². The van der Waals surface area contributed by atoms with E-state index in [1.165, 1.54) is 36.8 Å². The number of hydrogen-bond donors (Lipinski definition) is 0. The third-order valence-electron chi connectivity index (χ3n) is 6.79. The molecule has 0 N–H and O–H groups in total. The molecule has 1 aromatic carbocycles. The molecule has 1 aliphatic carbocycles. The average Bonchev–Trinajstić information content (AvgIpc) is 2.84. The number of nitrogens with zero attached hydrogens (tertiary/aromatic N) is 5. The van der Waals surface area contributed by atoms with Gasteiger partial charge in [-0.1, -0.05) is 6.07 Å². The van der Waals surface area contributed by atoms with Crippen LogP contribution in [0.25, 0.3) is 0 Å². The number of rotatable bonds is 4. The van der Waals surface area contributed by atoms with E-state index in [1.807, 2.05) is 24.4 Å². The molecule has 0 unspecified atom stereocenters. The minimum atomic E-state index is -3.46. The molecular formula is C23H31N5O2S. The Balaban J connectivity index is 1.27. The van der Waals surface area contributed by atoms with Crippen molar-refractivity contribution in [3.63, 3.8) is 0 Å². The number of piperidine rings is 1. The molecule has 8 heteroatoms. The number of aromatic nitrogens is 2. The molecule has 7 nitrogen and oxygen atoms in total. The van der Waals surface area contributed by atoms with Crippen molar-refractivity contribution in [2.75, 3.05) is 49.1 Å². The number of piperazine rings is 1. The second-order valence-electron chi connectivity index (χ2n) is 8.79.